The molecule has 1 amide bonds. The summed E-state index contributed by atoms with van der Waals surface area (Å²) in [5.41, 5.74) is 4.80. The molecule has 6 nitrogen and oxygen atoms in total. The molecule has 0 spiro atoms. The zero-order valence-corrected chi connectivity index (χ0v) is 9.71. The summed E-state index contributed by atoms with van der Waals surface area (Å²) >= 11 is 0. The largest absolute Gasteiger partial charge is 0.273 e. The lowest BCUT2D eigenvalue weighted by atomic mass is 10.0. The van der Waals surface area contributed by atoms with Crippen molar-refractivity contribution in [3.63, 3.8) is 0 Å². The third-order valence-corrected chi connectivity index (χ3v) is 2.61. The number of carbonyl (C=O) groups excluding carboxylic acids is 1. The van der Waals surface area contributed by atoms with Crippen LogP contribution in [0.5, 0.6) is 0 Å². The normalized spacial score (nSPS) is 17.3. The van der Waals surface area contributed by atoms with Crippen molar-refractivity contribution in [2.45, 2.75) is 13.3 Å². The molecule has 2 rings (SSSR count). The van der Waals surface area contributed by atoms with Crippen molar-refractivity contribution >= 4 is 23.4 Å². The van der Waals surface area contributed by atoms with Crippen molar-refractivity contribution in [2.75, 3.05) is 0 Å². The second kappa shape index (κ2) is 4.79. The molecule has 0 saturated carbocycles. The third kappa shape index (κ3) is 2.60. The summed E-state index contributed by atoms with van der Waals surface area (Å²) in [6.07, 6.45) is 2.08. The average Bonchev–Trinajstić information content (AvgIpc) is 2.34. The zero-order chi connectivity index (χ0) is 13.1. The Morgan fingerprint density at radius 3 is 2.67 bits per heavy atom. The number of benzene rings is 1. The lowest BCUT2D eigenvalue weighted by Crippen LogP contribution is -2.26. The number of rotatable bonds is 2. The highest BCUT2D eigenvalue weighted by molar-refractivity contribution is 6.08. The second-order valence-electron chi connectivity index (χ2n) is 3.93. The minimum atomic E-state index is -0.447. The first-order chi connectivity index (χ1) is 8.56. The standard InChI is InChI=1S/C12H11N3O3/c1-8-10(7-12(16)14-13-8)6-9-2-4-11(5-3-9)15(17)18/h2-6H,7H2,1H3,(H,14,16). The SMILES string of the molecule is CC1=NNC(=O)CC1=Cc1ccc([N+](=O)[O-])cc1. The van der Waals surface area contributed by atoms with Gasteiger partial charge in [0.1, 0.15) is 0 Å². The Labute approximate surface area is 103 Å². The fourth-order valence-electron chi connectivity index (χ4n) is 1.61. The Kier molecular flexibility index (Phi) is 3.18. The van der Waals surface area contributed by atoms with Crippen LogP contribution in [-0.4, -0.2) is 16.5 Å². The van der Waals surface area contributed by atoms with Gasteiger partial charge in [0.15, 0.2) is 0 Å². The van der Waals surface area contributed by atoms with Crippen molar-refractivity contribution in [3.05, 3.63) is 45.5 Å². The molecule has 0 saturated heterocycles. The predicted octanol–water partition coefficient (Wildman–Crippen LogP) is 1.87. The van der Waals surface area contributed by atoms with Crippen LogP contribution in [0.2, 0.25) is 0 Å². The maximum Gasteiger partial charge on any atom is 0.269 e. The molecule has 92 valence electrons. The van der Waals surface area contributed by atoms with Gasteiger partial charge in [0.2, 0.25) is 5.91 Å². The summed E-state index contributed by atoms with van der Waals surface area (Å²) < 4.78 is 0. The van der Waals surface area contributed by atoms with E-state index in [4.69, 9.17) is 0 Å². The van der Waals surface area contributed by atoms with Crippen molar-refractivity contribution < 1.29 is 9.72 Å². The predicted molar refractivity (Wildman–Crippen MR) is 66.9 cm³/mol. The number of nitrogens with one attached hydrogen (secondary N) is 1. The van der Waals surface area contributed by atoms with Gasteiger partial charge in [0.25, 0.3) is 5.69 Å². The molecule has 1 aromatic carbocycles. The number of hydrazone groups is 1. The molecule has 1 aliphatic heterocycles. The van der Waals surface area contributed by atoms with Crippen LogP contribution in [-0.2, 0) is 4.79 Å². The quantitative estimate of drug-likeness (QED) is 0.637. The van der Waals surface area contributed by atoms with Gasteiger partial charge in [-0.1, -0.05) is 0 Å². The van der Waals surface area contributed by atoms with Gasteiger partial charge in [-0.3, -0.25) is 14.9 Å². The van der Waals surface area contributed by atoms with Crippen LogP contribution >= 0.6 is 0 Å². The molecule has 0 fully saturated rings. The van der Waals surface area contributed by atoms with Gasteiger partial charge >= 0.3 is 0 Å². The number of hydrogen-bond acceptors (Lipinski definition) is 4. The summed E-state index contributed by atoms with van der Waals surface area (Å²) in [4.78, 5) is 21.3. The Balaban J connectivity index is 2.27. The van der Waals surface area contributed by atoms with E-state index in [1.54, 1.807) is 25.1 Å². The number of amides is 1. The van der Waals surface area contributed by atoms with Gasteiger partial charge in [-0.15, -0.1) is 0 Å². The van der Waals surface area contributed by atoms with Gasteiger partial charge in [0.05, 0.1) is 17.1 Å². The van der Waals surface area contributed by atoms with Gasteiger partial charge in [0, 0.05) is 12.1 Å². The zero-order valence-electron chi connectivity index (χ0n) is 9.71. The van der Waals surface area contributed by atoms with E-state index in [-0.39, 0.29) is 18.0 Å². The lowest BCUT2D eigenvalue weighted by molar-refractivity contribution is -0.384. The van der Waals surface area contributed by atoms with Crippen molar-refractivity contribution in [3.8, 4) is 0 Å². The van der Waals surface area contributed by atoms with Gasteiger partial charge in [-0.05, 0) is 36.3 Å². The van der Waals surface area contributed by atoms with Crippen molar-refractivity contribution in [1.29, 1.82) is 0 Å². The number of non-ortho nitro benzene ring substituents is 1. The van der Waals surface area contributed by atoms with Crippen LogP contribution in [0.25, 0.3) is 6.08 Å². The lowest BCUT2D eigenvalue weighted by Gasteiger charge is -2.12. The van der Waals surface area contributed by atoms with Crippen LogP contribution in [0.4, 0.5) is 5.69 Å². The van der Waals surface area contributed by atoms with Gasteiger partial charge in [-0.25, -0.2) is 5.43 Å². The fourth-order valence-corrected chi connectivity index (χ4v) is 1.61. The first-order valence-corrected chi connectivity index (χ1v) is 5.35. The molecule has 0 aliphatic carbocycles. The number of nitrogens with zero attached hydrogens (tertiary/aromatic N) is 2. The maximum atomic E-state index is 11.2. The van der Waals surface area contributed by atoms with E-state index in [0.717, 1.165) is 16.8 Å². The summed E-state index contributed by atoms with van der Waals surface area (Å²) in [5.74, 6) is -0.159. The monoisotopic (exact) mass is 245 g/mol. The molecular formula is C12H11N3O3. The van der Waals surface area contributed by atoms with Gasteiger partial charge in [-0.2, -0.15) is 5.10 Å². The van der Waals surface area contributed by atoms with E-state index in [9.17, 15) is 14.9 Å². The highest BCUT2D eigenvalue weighted by Gasteiger charge is 2.14. The van der Waals surface area contributed by atoms with E-state index < -0.39 is 4.92 Å². The number of hydrogen-bond donors (Lipinski definition) is 1. The molecule has 0 aromatic heterocycles. The number of carbonyl (C=O) groups is 1. The molecule has 0 radical (unpaired) electrons. The smallest absolute Gasteiger partial charge is 0.269 e. The Hall–Kier alpha value is -2.50. The highest BCUT2D eigenvalue weighted by Crippen LogP contribution is 2.17. The van der Waals surface area contributed by atoms with E-state index in [1.807, 2.05) is 0 Å². The fraction of sp³-hybridized carbons (Fsp3) is 0.167. The van der Waals surface area contributed by atoms with E-state index in [1.165, 1.54) is 12.1 Å². The van der Waals surface area contributed by atoms with Crippen LogP contribution in [0.1, 0.15) is 18.9 Å². The van der Waals surface area contributed by atoms with E-state index in [0.29, 0.717) is 0 Å². The van der Waals surface area contributed by atoms with Crippen LogP contribution in [0, 0.1) is 10.1 Å². The Morgan fingerprint density at radius 2 is 2.06 bits per heavy atom. The van der Waals surface area contributed by atoms with Crippen molar-refractivity contribution in [2.24, 2.45) is 5.10 Å². The third-order valence-electron chi connectivity index (χ3n) is 2.61. The molecule has 0 atom stereocenters. The van der Waals surface area contributed by atoms with E-state index in [2.05, 4.69) is 10.5 Å². The van der Waals surface area contributed by atoms with E-state index >= 15 is 0 Å². The molecule has 6 heteroatoms. The van der Waals surface area contributed by atoms with Crippen LogP contribution in [0.15, 0.2) is 34.9 Å². The van der Waals surface area contributed by atoms with Crippen LogP contribution < -0.4 is 5.43 Å². The molecule has 0 unspecified atom stereocenters. The molecule has 1 aliphatic rings. The summed E-state index contributed by atoms with van der Waals surface area (Å²) in [7, 11) is 0. The minimum Gasteiger partial charge on any atom is -0.273 e. The summed E-state index contributed by atoms with van der Waals surface area (Å²) in [6.45, 7) is 1.80. The second-order valence-corrected chi connectivity index (χ2v) is 3.93. The molecule has 1 aromatic rings. The topological polar surface area (TPSA) is 84.6 Å². The van der Waals surface area contributed by atoms with Crippen molar-refractivity contribution in [1.82, 2.24) is 5.43 Å². The summed E-state index contributed by atoms with van der Waals surface area (Å²) in [6, 6.07) is 6.15. The molecule has 0 bridgehead atoms. The maximum absolute atomic E-state index is 11.2. The number of nitro groups is 1. The average molecular weight is 245 g/mol. The van der Waals surface area contributed by atoms with Crippen LogP contribution in [0.3, 0.4) is 0 Å². The van der Waals surface area contributed by atoms with Gasteiger partial charge < -0.3 is 0 Å². The highest BCUT2D eigenvalue weighted by atomic mass is 16.6. The Bertz CT molecular complexity index is 558. The molecular weight excluding hydrogens is 234 g/mol. The molecule has 1 N–H and O–H groups in total. The minimum absolute atomic E-state index is 0.0453. The number of nitro benzene ring substituents is 1. The first-order valence-electron chi connectivity index (χ1n) is 5.35. The first kappa shape index (κ1) is 12.0. The Morgan fingerprint density at radius 1 is 1.39 bits per heavy atom. The molecule has 18 heavy (non-hydrogen) atoms. The summed E-state index contributed by atoms with van der Waals surface area (Å²) in [5, 5.41) is 14.4. The molecule has 1 heterocycles.